The molecule has 0 spiro atoms. The molecule has 5 heterocycles. The highest BCUT2D eigenvalue weighted by molar-refractivity contribution is 6.13. The van der Waals surface area contributed by atoms with Crippen LogP contribution >= 0.6 is 0 Å². The minimum absolute atomic E-state index is 0.0693. The van der Waals surface area contributed by atoms with Crippen molar-refractivity contribution >= 4 is 87.8 Å². The molecule has 420 valence electrons. The lowest BCUT2D eigenvalue weighted by atomic mass is 9.92. The molecule has 0 aliphatic carbocycles. The molecule has 19 heteroatoms. The quantitative estimate of drug-likeness (QED) is 0.0403. The first-order valence-corrected chi connectivity index (χ1v) is 27.2. The molecule has 19 nitrogen and oxygen atoms in total. The second-order valence-corrected chi connectivity index (χ2v) is 21.0. The number of aliphatic imine (C=N–C) groups is 2. The predicted molar refractivity (Wildman–Crippen MR) is 304 cm³/mol. The maximum Gasteiger partial charge on any atom is 0.337 e. The first-order valence-electron chi connectivity index (χ1n) is 27.2. The van der Waals surface area contributed by atoms with Crippen molar-refractivity contribution in [2.75, 3.05) is 39.3 Å². The van der Waals surface area contributed by atoms with Crippen molar-refractivity contribution in [3.8, 4) is 17.2 Å². The standard InChI is InChI=1S/C62H65N7O12/c1-36(2)58(66-55(71)11-8-7-9-22-67-56(72)20-21-57(67)73)51(70)26-38(4)59(74)65-44-18-16-40(17-19-44)43-28-46-33-64-50-31-54(53(78-5)29-48(50)61(76)69(46)35-43)81-24-10-23-80-52-30-49-47(25-37(52)3)60(75)68-34-42(27-45(68)32-63-49)39-12-14-41(15-13-39)62(77)79-6/h12-21,25,29-36,38,45-46,58H,7-11,22-24,26-28H2,1-6H3,(H,65,74)(H,66,71)/t38-,45+,46+,58+/m1/s1. The summed E-state index contributed by atoms with van der Waals surface area (Å²) in [4.78, 5) is 117. The number of hydrogen-bond donors (Lipinski definition) is 2. The van der Waals surface area contributed by atoms with Gasteiger partial charge in [-0.3, -0.25) is 48.4 Å². The van der Waals surface area contributed by atoms with Gasteiger partial charge in [0.2, 0.25) is 11.8 Å². The van der Waals surface area contributed by atoms with Gasteiger partial charge in [0.1, 0.15) is 5.75 Å². The van der Waals surface area contributed by atoms with Crippen LogP contribution in [-0.2, 0) is 28.7 Å². The number of methoxy groups -OCH3 is 2. The number of fused-ring (bicyclic) bond motifs is 4. The minimum atomic E-state index is -0.760. The number of imide groups is 1. The van der Waals surface area contributed by atoms with Crippen molar-refractivity contribution in [2.45, 2.75) is 97.2 Å². The third-order valence-corrected chi connectivity index (χ3v) is 14.9. The lowest BCUT2D eigenvalue weighted by Crippen LogP contribution is -2.45. The average Bonchev–Trinajstić information content (AvgIpc) is 4.37. The molecule has 4 aromatic rings. The first kappa shape index (κ1) is 56.7. The number of amides is 6. The Morgan fingerprint density at radius 2 is 1.25 bits per heavy atom. The number of anilines is 1. The average molecular weight is 1100 g/mol. The molecule has 4 atom stereocenters. The highest BCUT2D eigenvalue weighted by Crippen LogP contribution is 2.41. The van der Waals surface area contributed by atoms with Crippen LogP contribution in [0.1, 0.15) is 120 Å². The zero-order valence-corrected chi connectivity index (χ0v) is 46.2. The van der Waals surface area contributed by atoms with Gasteiger partial charge in [0.05, 0.1) is 73.6 Å². The fraction of sp³-hybridized carbons (Fsp3) is 0.355. The van der Waals surface area contributed by atoms with E-state index in [1.165, 1.54) is 31.3 Å². The van der Waals surface area contributed by atoms with Crippen LogP contribution in [0.2, 0.25) is 0 Å². The summed E-state index contributed by atoms with van der Waals surface area (Å²) in [5.41, 5.74) is 7.20. The second-order valence-electron chi connectivity index (χ2n) is 21.0. The summed E-state index contributed by atoms with van der Waals surface area (Å²) < 4.78 is 22.9. The minimum Gasteiger partial charge on any atom is -0.493 e. The molecule has 2 N–H and O–H groups in total. The van der Waals surface area contributed by atoms with Crippen LogP contribution in [0.3, 0.4) is 0 Å². The van der Waals surface area contributed by atoms with Crippen LogP contribution in [0.4, 0.5) is 17.1 Å². The molecule has 0 aromatic heterocycles. The zero-order chi connectivity index (χ0) is 57.5. The Bertz CT molecular complexity index is 3310. The summed E-state index contributed by atoms with van der Waals surface area (Å²) in [5, 5.41) is 5.74. The number of ketones is 1. The van der Waals surface area contributed by atoms with Gasteiger partial charge in [0, 0.05) is 99.4 Å². The van der Waals surface area contributed by atoms with Crippen LogP contribution in [0.15, 0.2) is 107 Å². The number of aryl methyl sites for hydroxylation is 1. The number of carbonyl (C=O) groups is 8. The Kier molecular flexibility index (Phi) is 17.5. The number of rotatable bonds is 23. The van der Waals surface area contributed by atoms with E-state index in [1.807, 2.05) is 57.4 Å². The van der Waals surface area contributed by atoms with Crippen LogP contribution in [-0.4, -0.2) is 126 Å². The van der Waals surface area contributed by atoms with Crippen molar-refractivity contribution in [3.63, 3.8) is 0 Å². The third kappa shape index (κ3) is 12.9. The fourth-order valence-corrected chi connectivity index (χ4v) is 10.3. The fourth-order valence-electron chi connectivity index (χ4n) is 10.3. The van der Waals surface area contributed by atoms with Crippen LogP contribution in [0.5, 0.6) is 17.2 Å². The van der Waals surface area contributed by atoms with E-state index in [1.54, 1.807) is 77.7 Å². The third-order valence-electron chi connectivity index (χ3n) is 14.9. The Morgan fingerprint density at radius 1 is 0.679 bits per heavy atom. The molecule has 5 aliphatic rings. The number of ether oxygens (including phenoxy) is 4. The van der Waals surface area contributed by atoms with Crippen LogP contribution in [0.25, 0.3) is 11.1 Å². The predicted octanol–water partition coefficient (Wildman–Crippen LogP) is 8.74. The normalized spacial score (nSPS) is 17.6. The Balaban J connectivity index is 0.732. The van der Waals surface area contributed by atoms with Gasteiger partial charge < -0.3 is 39.4 Å². The van der Waals surface area contributed by atoms with Crippen molar-refractivity contribution in [3.05, 3.63) is 131 Å². The van der Waals surface area contributed by atoms with Gasteiger partial charge in [-0.15, -0.1) is 0 Å². The van der Waals surface area contributed by atoms with Crippen LogP contribution < -0.4 is 24.8 Å². The molecule has 6 amide bonds. The monoisotopic (exact) mass is 1100 g/mol. The van der Waals surface area contributed by atoms with Gasteiger partial charge in [0.25, 0.3) is 23.6 Å². The molecule has 0 saturated heterocycles. The van der Waals surface area contributed by atoms with E-state index >= 15 is 0 Å². The molecule has 0 unspecified atom stereocenters. The Labute approximate surface area is 469 Å². The first-order chi connectivity index (χ1) is 39.0. The molecule has 5 aliphatic heterocycles. The lowest BCUT2D eigenvalue weighted by molar-refractivity contribution is -0.137. The number of nitrogens with one attached hydrogen (secondary N) is 2. The number of unbranched alkanes of at least 4 members (excludes halogenated alkanes) is 2. The summed E-state index contributed by atoms with van der Waals surface area (Å²) in [6.07, 6.45) is 13.1. The molecule has 81 heavy (non-hydrogen) atoms. The van der Waals surface area contributed by atoms with Gasteiger partial charge in [-0.1, -0.05) is 51.5 Å². The number of carbonyl (C=O) groups excluding carboxylic acids is 8. The van der Waals surface area contributed by atoms with E-state index in [-0.39, 0.29) is 78.7 Å². The Hall–Kier alpha value is -9.00. The molecular weight excluding hydrogens is 1030 g/mol. The summed E-state index contributed by atoms with van der Waals surface area (Å²) in [7, 11) is 2.85. The molecule has 9 rings (SSSR count). The summed E-state index contributed by atoms with van der Waals surface area (Å²) in [6.45, 7) is 8.10. The highest BCUT2D eigenvalue weighted by atomic mass is 16.5. The van der Waals surface area contributed by atoms with E-state index in [4.69, 9.17) is 28.9 Å². The lowest BCUT2D eigenvalue weighted by Gasteiger charge is -2.23. The number of benzene rings is 4. The van der Waals surface area contributed by atoms with E-state index < -0.39 is 17.9 Å². The topological polar surface area (TPSA) is 232 Å². The van der Waals surface area contributed by atoms with Crippen molar-refractivity contribution in [2.24, 2.45) is 21.8 Å². The number of hydrogen-bond acceptors (Lipinski definition) is 14. The second kappa shape index (κ2) is 25.0. The number of nitrogens with zero attached hydrogens (tertiary/aromatic N) is 5. The molecule has 4 aromatic carbocycles. The van der Waals surface area contributed by atoms with Gasteiger partial charge in [-0.25, -0.2) is 4.79 Å². The van der Waals surface area contributed by atoms with Crippen LogP contribution in [0, 0.1) is 18.8 Å². The molecule has 0 fully saturated rings. The van der Waals surface area contributed by atoms with E-state index in [0.717, 1.165) is 27.8 Å². The maximum atomic E-state index is 14.1. The summed E-state index contributed by atoms with van der Waals surface area (Å²) >= 11 is 0. The largest absolute Gasteiger partial charge is 0.493 e. The van der Waals surface area contributed by atoms with Crippen molar-refractivity contribution in [1.29, 1.82) is 0 Å². The SMILES string of the molecule is COC(=O)c1ccc(C2=CN3C(=O)c4cc(C)c(OCCCOc5cc6c(cc5OC)C(=O)N5C=C(c7ccc(NC(=O)[C@H](C)CC(=O)[C@@H](NC(=O)CCCCCN8C(=O)C=CC8=O)C(C)C)cc7)C[C@H]5C=N6)cc4N=C[C@@H]3C2)cc1. The molecular formula is C62H65N7O12. The number of esters is 1. The van der Waals surface area contributed by atoms with Gasteiger partial charge >= 0.3 is 5.97 Å². The maximum absolute atomic E-state index is 14.1. The smallest absolute Gasteiger partial charge is 0.337 e. The van der Waals surface area contributed by atoms with Gasteiger partial charge in [-0.05, 0) is 89.9 Å². The van der Waals surface area contributed by atoms with Gasteiger partial charge in [0.15, 0.2) is 17.3 Å². The van der Waals surface area contributed by atoms with E-state index in [9.17, 15) is 38.4 Å². The summed E-state index contributed by atoms with van der Waals surface area (Å²) in [6, 6.07) is 20.0. The number of Topliss-reactive ketones (excluding diaryl/α,β-unsaturated/α-hetero) is 1. The van der Waals surface area contributed by atoms with Crippen molar-refractivity contribution in [1.82, 2.24) is 20.0 Å². The molecule has 0 radical (unpaired) electrons. The van der Waals surface area contributed by atoms with E-state index in [0.29, 0.717) is 103 Å². The van der Waals surface area contributed by atoms with Crippen molar-refractivity contribution < 1.29 is 57.3 Å². The molecule has 0 bridgehead atoms. The summed E-state index contributed by atoms with van der Waals surface area (Å²) in [5.74, 6) is -1.83. The Morgan fingerprint density at radius 3 is 1.83 bits per heavy atom. The zero-order valence-electron chi connectivity index (χ0n) is 46.2. The molecule has 0 saturated carbocycles. The van der Waals surface area contributed by atoms with E-state index in [2.05, 4.69) is 10.6 Å². The highest BCUT2D eigenvalue weighted by Gasteiger charge is 2.36. The van der Waals surface area contributed by atoms with Gasteiger partial charge in [-0.2, -0.15) is 0 Å².